The maximum atomic E-state index is 9.27. The summed E-state index contributed by atoms with van der Waals surface area (Å²) in [4.78, 5) is 0. The van der Waals surface area contributed by atoms with Gasteiger partial charge in [-0.25, -0.2) is 0 Å². The number of nitrogens with zero attached hydrogens (tertiary/aromatic N) is 1. The standard InChI is InChI=1S/C10H15NO/c1-4-8(3)10-7-11(12)6-9(10)5-2/h4-5,12H,1,6-7H2,2-3H3/b9-5-,10-8-. The molecule has 0 bridgehead atoms. The van der Waals surface area contributed by atoms with Crippen molar-refractivity contribution in [3.63, 3.8) is 0 Å². The molecule has 1 aliphatic heterocycles. The lowest BCUT2D eigenvalue weighted by atomic mass is 10.0. The van der Waals surface area contributed by atoms with Crippen molar-refractivity contribution < 1.29 is 5.21 Å². The van der Waals surface area contributed by atoms with E-state index in [-0.39, 0.29) is 0 Å². The van der Waals surface area contributed by atoms with E-state index in [1.54, 1.807) is 0 Å². The van der Waals surface area contributed by atoms with Crippen LogP contribution in [0.4, 0.5) is 0 Å². The minimum atomic E-state index is 0.623. The van der Waals surface area contributed by atoms with Crippen LogP contribution in [0.3, 0.4) is 0 Å². The van der Waals surface area contributed by atoms with Crippen molar-refractivity contribution in [2.45, 2.75) is 13.8 Å². The van der Waals surface area contributed by atoms with Gasteiger partial charge in [-0.05, 0) is 30.6 Å². The van der Waals surface area contributed by atoms with E-state index >= 15 is 0 Å². The van der Waals surface area contributed by atoms with Gasteiger partial charge >= 0.3 is 0 Å². The molecule has 1 saturated heterocycles. The lowest BCUT2D eigenvalue weighted by molar-refractivity contribution is -0.0615. The van der Waals surface area contributed by atoms with Crippen LogP contribution in [0.1, 0.15) is 13.8 Å². The second-order valence-electron chi connectivity index (χ2n) is 3.00. The van der Waals surface area contributed by atoms with Crippen molar-refractivity contribution >= 4 is 0 Å². The molecule has 66 valence electrons. The van der Waals surface area contributed by atoms with Gasteiger partial charge in [0.2, 0.25) is 0 Å². The minimum Gasteiger partial charge on any atom is -0.313 e. The molecule has 0 unspecified atom stereocenters. The first-order valence-corrected chi connectivity index (χ1v) is 4.10. The molecule has 1 fully saturated rings. The average Bonchev–Trinajstić information content (AvgIpc) is 2.45. The Morgan fingerprint density at radius 2 is 2.25 bits per heavy atom. The third-order valence-electron chi connectivity index (χ3n) is 2.21. The molecule has 12 heavy (non-hydrogen) atoms. The van der Waals surface area contributed by atoms with Crippen molar-refractivity contribution in [2.75, 3.05) is 13.1 Å². The number of hydrogen-bond donors (Lipinski definition) is 1. The Bertz CT molecular complexity index is 251. The second-order valence-corrected chi connectivity index (χ2v) is 3.00. The number of allylic oxidation sites excluding steroid dienone is 3. The van der Waals surface area contributed by atoms with E-state index in [0.717, 1.165) is 5.57 Å². The lowest BCUT2D eigenvalue weighted by Gasteiger charge is -2.01. The minimum absolute atomic E-state index is 0.623. The van der Waals surface area contributed by atoms with Gasteiger partial charge in [0.05, 0.1) is 0 Å². The molecule has 1 N–H and O–H groups in total. The second kappa shape index (κ2) is 3.70. The molecule has 0 aliphatic carbocycles. The molecule has 1 heterocycles. The average molecular weight is 165 g/mol. The third kappa shape index (κ3) is 1.65. The maximum Gasteiger partial charge on any atom is 0.0498 e. The Hall–Kier alpha value is -0.860. The van der Waals surface area contributed by atoms with Crippen molar-refractivity contribution in [3.05, 3.63) is 35.5 Å². The van der Waals surface area contributed by atoms with Crippen molar-refractivity contribution in [3.8, 4) is 0 Å². The van der Waals surface area contributed by atoms with Gasteiger partial charge in [0.1, 0.15) is 0 Å². The van der Waals surface area contributed by atoms with E-state index in [2.05, 4.69) is 6.58 Å². The summed E-state index contributed by atoms with van der Waals surface area (Å²) in [6.45, 7) is 8.98. The van der Waals surface area contributed by atoms with Crippen LogP contribution in [0.2, 0.25) is 0 Å². The predicted octanol–water partition coefficient (Wildman–Crippen LogP) is 2.14. The van der Waals surface area contributed by atoms with Crippen LogP contribution in [0.15, 0.2) is 35.5 Å². The predicted molar refractivity (Wildman–Crippen MR) is 50.0 cm³/mol. The summed E-state index contributed by atoms with van der Waals surface area (Å²) in [5, 5.41) is 10.6. The van der Waals surface area contributed by atoms with Crippen LogP contribution in [0, 0.1) is 0 Å². The molecule has 0 saturated carbocycles. The number of hydrogen-bond acceptors (Lipinski definition) is 2. The van der Waals surface area contributed by atoms with Gasteiger partial charge in [0.25, 0.3) is 0 Å². The number of hydroxylamine groups is 2. The summed E-state index contributed by atoms with van der Waals surface area (Å²) in [6, 6.07) is 0. The summed E-state index contributed by atoms with van der Waals surface area (Å²) in [5.74, 6) is 0. The van der Waals surface area contributed by atoms with Crippen LogP contribution >= 0.6 is 0 Å². The van der Waals surface area contributed by atoms with Gasteiger partial charge in [0, 0.05) is 13.1 Å². The first-order valence-electron chi connectivity index (χ1n) is 4.10. The molecule has 1 aliphatic rings. The topological polar surface area (TPSA) is 23.5 Å². The van der Waals surface area contributed by atoms with Gasteiger partial charge in [0.15, 0.2) is 0 Å². The van der Waals surface area contributed by atoms with Gasteiger partial charge in [-0.15, -0.1) is 0 Å². The summed E-state index contributed by atoms with van der Waals surface area (Å²) in [7, 11) is 0. The SMILES string of the molecule is C=C/C(C)=C1/CN(O)C/C1=C/C. The molecular formula is C10H15NO. The smallest absolute Gasteiger partial charge is 0.0498 e. The highest BCUT2D eigenvalue weighted by molar-refractivity contribution is 5.43. The first kappa shape index (κ1) is 9.23. The molecule has 0 aromatic carbocycles. The fraction of sp³-hybridized carbons (Fsp3) is 0.400. The zero-order chi connectivity index (χ0) is 9.14. The monoisotopic (exact) mass is 165 g/mol. The van der Waals surface area contributed by atoms with Gasteiger partial charge in [-0.2, -0.15) is 5.06 Å². The van der Waals surface area contributed by atoms with E-state index < -0.39 is 0 Å². The van der Waals surface area contributed by atoms with E-state index in [9.17, 15) is 5.21 Å². The molecule has 0 spiro atoms. The summed E-state index contributed by atoms with van der Waals surface area (Å²) >= 11 is 0. The quantitative estimate of drug-likeness (QED) is 0.643. The zero-order valence-corrected chi connectivity index (χ0v) is 7.67. The molecule has 0 radical (unpaired) electrons. The highest BCUT2D eigenvalue weighted by Crippen LogP contribution is 2.23. The largest absolute Gasteiger partial charge is 0.313 e. The molecule has 2 nitrogen and oxygen atoms in total. The number of rotatable bonds is 1. The van der Waals surface area contributed by atoms with Crippen LogP contribution in [0.5, 0.6) is 0 Å². The van der Waals surface area contributed by atoms with Crippen molar-refractivity contribution in [1.29, 1.82) is 0 Å². The Morgan fingerprint density at radius 3 is 2.75 bits per heavy atom. The van der Waals surface area contributed by atoms with Gasteiger partial charge in [-0.3, -0.25) is 0 Å². The molecule has 0 atom stereocenters. The van der Waals surface area contributed by atoms with Gasteiger partial charge < -0.3 is 5.21 Å². The fourth-order valence-electron chi connectivity index (χ4n) is 1.40. The molecular weight excluding hydrogens is 150 g/mol. The Labute approximate surface area is 73.5 Å². The molecule has 0 aromatic heterocycles. The maximum absolute atomic E-state index is 9.27. The molecule has 2 heteroatoms. The third-order valence-corrected chi connectivity index (χ3v) is 2.21. The first-order chi connectivity index (χ1) is 5.69. The normalized spacial score (nSPS) is 26.4. The highest BCUT2D eigenvalue weighted by atomic mass is 16.5. The van der Waals surface area contributed by atoms with Crippen LogP contribution in [-0.4, -0.2) is 23.4 Å². The summed E-state index contributed by atoms with van der Waals surface area (Å²) < 4.78 is 0. The lowest BCUT2D eigenvalue weighted by Crippen LogP contribution is -2.12. The summed E-state index contributed by atoms with van der Waals surface area (Å²) in [6.07, 6.45) is 3.87. The fourth-order valence-corrected chi connectivity index (χ4v) is 1.40. The molecule has 0 aromatic rings. The van der Waals surface area contributed by atoms with Crippen molar-refractivity contribution in [1.82, 2.24) is 5.06 Å². The molecule has 1 rings (SSSR count). The van der Waals surface area contributed by atoms with E-state index in [0.29, 0.717) is 13.1 Å². The van der Waals surface area contributed by atoms with Crippen LogP contribution in [0.25, 0.3) is 0 Å². The summed E-state index contributed by atoms with van der Waals surface area (Å²) in [5.41, 5.74) is 3.56. The molecule has 0 amide bonds. The Kier molecular flexibility index (Phi) is 2.84. The van der Waals surface area contributed by atoms with E-state index in [1.807, 2.05) is 26.0 Å². The van der Waals surface area contributed by atoms with Crippen LogP contribution in [-0.2, 0) is 0 Å². The Morgan fingerprint density at radius 1 is 1.58 bits per heavy atom. The highest BCUT2D eigenvalue weighted by Gasteiger charge is 2.20. The Balaban J connectivity index is 2.99. The van der Waals surface area contributed by atoms with Crippen molar-refractivity contribution in [2.24, 2.45) is 0 Å². The van der Waals surface area contributed by atoms with Gasteiger partial charge in [-0.1, -0.05) is 18.7 Å². The zero-order valence-electron chi connectivity index (χ0n) is 7.67. The van der Waals surface area contributed by atoms with E-state index in [1.165, 1.54) is 16.2 Å². The van der Waals surface area contributed by atoms with E-state index in [4.69, 9.17) is 0 Å². The van der Waals surface area contributed by atoms with Crippen LogP contribution < -0.4 is 0 Å².